The van der Waals surface area contributed by atoms with E-state index in [-0.39, 0.29) is 17.5 Å². The molecule has 1 aliphatic heterocycles. The van der Waals surface area contributed by atoms with Crippen molar-refractivity contribution in [3.05, 3.63) is 40.3 Å². The van der Waals surface area contributed by atoms with Gasteiger partial charge in [-0.25, -0.2) is 4.68 Å². The number of hydrogen-bond donors (Lipinski definition) is 0. The highest BCUT2D eigenvalue weighted by Gasteiger charge is 2.25. The minimum Gasteiger partial charge on any atom is -0.335 e. The second-order valence-electron chi connectivity index (χ2n) is 6.33. The summed E-state index contributed by atoms with van der Waals surface area (Å²) in [6.07, 6.45) is 0. The van der Waals surface area contributed by atoms with E-state index in [1.165, 1.54) is 4.68 Å². The summed E-state index contributed by atoms with van der Waals surface area (Å²) < 4.78 is 1.41. The van der Waals surface area contributed by atoms with E-state index in [4.69, 9.17) is 0 Å². The van der Waals surface area contributed by atoms with Crippen molar-refractivity contribution in [2.45, 2.75) is 19.9 Å². The molecule has 2 aromatic rings. The second kappa shape index (κ2) is 6.12. The number of hydrogen-bond acceptors (Lipinski definition) is 4. The maximum Gasteiger partial charge on any atom is 0.275 e. The lowest BCUT2D eigenvalue weighted by atomic mass is 10.1. The summed E-state index contributed by atoms with van der Waals surface area (Å²) in [5.74, 6) is -0.0938. The Morgan fingerprint density at radius 1 is 1.09 bits per heavy atom. The van der Waals surface area contributed by atoms with E-state index in [2.05, 4.69) is 17.0 Å². The van der Waals surface area contributed by atoms with Gasteiger partial charge in [0, 0.05) is 31.6 Å². The first-order valence-corrected chi connectivity index (χ1v) is 7.98. The van der Waals surface area contributed by atoms with Crippen LogP contribution in [0.5, 0.6) is 0 Å². The zero-order valence-electron chi connectivity index (χ0n) is 13.8. The van der Waals surface area contributed by atoms with Crippen LogP contribution in [-0.4, -0.2) is 58.7 Å². The smallest absolute Gasteiger partial charge is 0.275 e. The largest absolute Gasteiger partial charge is 0.335 e. The molecule has 0 aliphatic carbocycles. The van der Waals surface area contributed by atoms with Crippen LogP contribution in [0.1, 0.15) is 30.4 Å². The number of fused-ring (bicyclic) bond motifs is 1. The zero-order chi connectivity index (χ0) is 16.6. The van der Waals surface area contributed by atoms with Crippen LogP contribution in [0.3, 0.4) is 0 Å². The average Bonchev–Trinajstić information content (AvgIpc) is 2.55. The molecule has 0 spiro atoms. The molecule has 1 aliphatic rings. The SMILES string of the molecule is CC(C)n1nc(C(=O)N2CCN(C)CC2)c2ccccc2c1=O. The molecule has 0 radical (unpaired) electrons. The van der Waals surface area contributed by atoms with Gasteiger partial charge in [-0.3, -0.25) is 9.59 Å². The van der Waals surface area contributed by atoms with E-state index in [1.54, 1.807) is 12.1 Å². The Labute approximate surface area is 135 Å². The molecule has 0 bridgehead atoms. The number of carbonyl (C=O) groups excluding carboxylic acids is 1. The molecule has 6 nitrogen and oxygen atoms in total. The number of benzene rings is 1. The summed E-state index contributed by atoms with van der Waals surface area (Å²) >= 11 is 0. The predicted octanol–water partition coefficient (Wildman–Crippen LogP) is 1.36. The molecule has 1 amide bonds. The fourth-order valence-corrected chi connectivity index (χ4v) is 2.87. The summed E-state index contributed by atoms with van der Waals surface area (Å²) in [5.41, 5.74) is 0.226. The van der Waals surface area contributed by atoms with Crippen LogP contribution in [0.4, 0.5) is 0 Å². The van der Waals surface area contributed by atoms with Crippen LogP contribution >= 0.6 is 0 Å². The lowest BCUT2D eigenvalue weighted by molar-refractivity contribution is 0.0657. The summed E-state index contributed by atoms with van der Waals surface area (Å²) in [4.78, 5) is 29.5. The number of nitrogens with zero attached hydrogens (tertiary/aromatic N) is 4. The highest BCUT2D eigenvalue weighted by molar-refractivity contribution is 6.04. The molecule has 122 valence electrons. The Morgan fingerprint density at radius 3 is 2.30 bits per heavy atom. The van der Waals surface area contributed by atoms with Gasteiger partial charge in [-0.05, 0) is 27.0 Å². The molecule has 0 saturated carbocycles. The third-order valence-electron chi connectivity index (χ3n) is 4.31. The quantitative estimate of drug-likeness (QED) is 0.840. The summed E-state index contributed by atoms with van der Waals surface area (Å²) in [7, 11) is 2.05. The fourth-order valence-electron chi connectivity index (χ4n) is 2.87. The van der Waals surface area contributed by atoms with Crippen LogP contribution in [0.25, 0.3) is 10.8 Å². The Bertz CT molecular complexity index is 789. The minimum absolute atomic E-state index is 0.0915. The lowest BCUT2D eigenvalue weighted by Gasteiger charge is -2.32. The highest BCUT2D eigenvalue weighted by Crippen LogP contribution is 2.17. The van der Waals surface area contributed by atoms with Crippen molar-refractivity contribution in [3.8, 4) is 0 Å². The van der Waals surface area contributed by atoms with E-state index in [0.29, 0.717) is 29.6 Å². The third-order valence-corrected chi connectivity index (χ3v) is 4.31. The van der Waals surface area contributed by atoms with Crippen LogP contribution in [0.15, 0.2) is 29.1 Å². The number of likely N-dealkylation sites (N-methyl/N-ethyl adjacent to an activating group) is 1. The normalized spacial score (nSPS) is 16.3. The number of rotatable bonds is 2. The fraction of sp³-hybridized carbons (Fsp3) is 0.471. The molecule has 0 N–H and O–H groups in total. The van der Waals surface area contributed by atoms with E-state index in [9.17, 15) is 9.59 Å². The predicted molar refractivity (Wildman–Crippen MR) is 89.8 cm³/mol. The molecule has 3 rings (SSSR count). The van der Waals surface area contributed by atoms with Crippen LogP contribution in [-0.2, 0) is 0 Å². The van der Waals surface area contributed by atoms with Gasteiger partial charge in [0.05, 0.1) is 11.4 Å². The first-order chi connectivity index (χ1) is 11.0. The van der Waals surface area contributed by atoms with E-state index in [0.717, 1.165) is 13.1 Å². The Hall–Kier alpha value is -2.21. The first-order valence-electron chi connectivity index (χ1n) is 7.98. The van der Waals surface area contributed by atoms with Crippen molar-refractivity contribution in [1.29, 1.82) is 0 Å². The van der Waals surface area contributed by atoms with E-state index < -0.39 is 0 Å². The topological polar surface area (TPSA) is 58.4 Å². The summed E-state index contributed by atoms with van der Waals surface area (Å²) in [6.45, 7) is 6.87. The first kappa shape index (κ1) is 15.7. The van der Waals surface area contributed by atoms with Gasteiger partial charge in [-0.15, -0.1) is 0 Å². The average molecular weight is 314 g/mol. The molecular formula is C17H22N4O2. The maximum absolute atomic E-state index is 12.9. The zero-order valence-corrected chi connectivity index (χ0v) is 13.8. The third kappa shape index (κ3) is 2.86. The van der Waals surface area contributed by atoms with E-state index in [1.807, 2.05) is 30.9 Å². The molecule has 1 fully saturated rings. The standard InChI is InChI=1S/C17H22N4O2/c1-12(2)21-16(22)14-7-5-4-6-13(14)15(18-21)17(23)20-10-8-19(3)9-11-20/h4-7,12H,8-11H2,1-3H3. The Balaban J connectivity index is 2.11. The molecule has 1 aromatic heterocycles. The van der Waals surface area contributed by atoms with Crippen molar-refractivity contribution in [3.63, 3.8) is 0 Å². The van der Waals surface area contributed by atoms with Gasteiger partial charge in [-0.1, -0.05) is 18.2 Å². The van der Waals surface area contributed by atoms with Crippen molar-refractivity contribution in [2.24, 2.45) is 0 Å². The molecular weight excluding hydrogens is 292 g/mol. The summed E-state index contributed by atoms with van der Waals surface area (Å²) in [5, 5.41) is 5.58. The van der Waals surface area contributed by atoms with Crippen molar-refractivity contribution < 1.29 is 4.79 Å². The van der Waals surface area contributed by atoms with Gasteiger partial charge in [0.25, 0.3) is 11.5 Å². The number of amides is 1. The molecule has 1 saturated heterocycles. The van der Waals surface area contributed by atoms with Crippen molar-refractivity contribution in [1.82, 2.24) is 19.6 Å². The number of carbonyl (C=O) groups is 1. The highest BCUT2D eigenvalue weighted by atomic mass is 16.2. The second-order valence-corrected chi connectivity index (χ2v) is 6.33. The number of piperazine rings is 1. The minimum atomic E-state index is -0.148. The molecule has 0 unspecified atom stereocenters. The van der Waals surface area contributed by atoms with Gasteiger partial charge < -0.3 is 9.80 Å². The maximum atomic E-state index is 12.9. The monoisotopic (exact) mass is 314 g/mol. The van der Waals surface area contributed by atoms with Gasteiger partial charge >= 0.3 is 0 Å². The van der Waals surface area contributed by atoms with Gasteiger partial charge in [0.15, 0.2) is 5.69 Å². The molecule has 6 heteroatoms. The molecule has 0 atom stereocenters. The number of aromatic nitrogens is 2. The summed E-state index contributed by atoms with van der Waals surface area (Å²) in [6, 6.07) is 7.13. The molecule has 1 aromatic carbocycles. The van der Waals surface area contributed by atoms with Crippen LogP contribution < -0.4 is 5.56 Å². The molecule has 2 heterocycles. The Morgan fingerprint density at radius 2 is 1.70 bits per heavy atom. The Kier molecular flexibility index (Phi) is 4.17. The van der Waals surface area contributed by atoms with Crippen molar-refractivity contribution in [2.75, 3.05) is 33.2 Å². The molecule has 23 heavy (non-hydrogen) atoms. The van der Waals surface area contributed by atoms with E-state index >= 15 is 0 Å². The lowest BCUT2D eigenvalue weighted by Crippen LogP contribution is -2.47. The van der Waals surface area contributed by atoms with Crippen molar-refractivity contribution >= 4 is 16.7 Å². The van der Waals surface area contributed by atoms with Gasteiger partial charge in [0.2, 0.25) is 0 Å². The van der Waals surface area contributed by atoms with Gasteiger partial charge in [0.1, 0.15) is 0 Å². The van der Waals surface area contributed by atoms with Crippen LogP contribution in [0, 0.1) is 0 Å². The van der Waals surface area contributed by atoms with Gasteiger partial charge in [-0.2, -0.15) is 5.10 Å². The van der Waals surface area contributed by atoms with Crippen LogP contribution in [0.2, 0.25) is 0 Å².